The molecule has 1 N–H and O–H groups in total. The van der Waals surface area contributed by atoms with Crippen LogP contribution in [0.3, 0.4) is 0 Å². The van der Waals surface area contributed by atoms with Crippen LogP contribution in [0.2, 0.25) is 0 Å². The minimum absolute atomic E-state index is 0.0382. The minimum Gasteiger partial charge on any atom is -0.444 e. The van der Waals surface area contributed by atoms with Gasteiger partial charge in [0.15, 0.2) is 0 Å². The van der Waals surface area contributed by atoms with Crippen LogP contribution in [0.5, 0.6) is 0 Å². The van der Waals surface area contributed by atoms with Crippen LogP contribution in [-0.4, -0.2) is 11.7 Å². The zero-order chi connectivity index (χ0) is 15.6. The Morgan fingerprint density at radius 1 is 1.30 bits per heavy atom. The highest BCUT2D eigenvalue weighted by Crippen LogP contribution is 2.34. The Kier molecular flexibility index (Phi) is 5.07. The molecule has 0 aliphatic rings. The normalized spacial score (nSPS) is 12.2. The Hall–Kier alpha value is -1.24. The van der Waals surface area contributed by atoms with Crippen LogP contribution in [-0.2, 0) is 16.2 Å². The quantitative estimate of drug-likeness (QED) is 0.764. The summed E-state index contributed by atoms with van der Waals surface area (Å²) in [6.07, 6.45) is -5.27. The van der Waals surface area contributed by atoms with Gasteiger partial charge in [0.05, 0.1) is 5.56 Å². The molecule has 7 heteroatoms. The van der Waals surface area contributed by atoms with Crippen molar-refractivity contribution in [2.75, 3.05) is 5.32 Å². The van der Waals surface area contributed by atoms with Gasteiger partial charge in [-0.25, -0.2) is 4.79 Å². The predicted octanol–water partition coefficient (Wildman–Crippen LogP) is 4.95. The summed E-state index contributed by atoms with van der Waals surface area (Å²) in [4.78, 5) is 11.5. The molecule has 0 aliphatic heterocycles. The molecule has 20 heavy (non-hydrogen) atoms. The summed E-state index contributed by atoms with van der Waals surface area (Å²) < 4.78 is 43.6. The topological polar surface area (TPSA) is 38.3 Å². The van der Waals surface area contributed by atoms with Crippen molar-refractivity contribution in [3.63, 3.8) is 0 Å². The van der Waals surface area contributed by atoms with Gasteiger partial charge in [0.25, 0.3) is 0 Å². The summed E-state index contributed by atoms with van der Waals surface area (Å²) in [5.74, 6) is 0. The zero-order valence-electron chi connectivity index (χ0n) is 11.3. The lowest BCUT2D eigenvalue weighted by Crippen LogP contribution is -2.27. The molecule has 1 aromatic carbocycles. The lowest BCUT2D eigenvalue weighted by molar-refractivity contribution is -0.138. The van der Waals surface area contributed by atoms with Crippen molar-refractivity contribution < 1.29 is 22.7 Å². The van der Waals surface area contributed by atoms with E-state index in [1.54, 1.807) is 20.8 Å². The fourth-order valence-electron chi connectivity index (χ4n) is 1.46. The molecule has 0 saturated heterocycles. The van der Waals surface area contributed by atoms with Gasteiger partial charge in [0.2, 0.25) is 0 Å². The van der Waals surface area contributed by atoms with E-state index in [4.69, 9.17) is 4.74 Å². The van der Waals surface area contributed by atoms with Crippen LogP contribution >= 0.6 is 15.9 Å². The van der Waals surface area contributed by atoms with E-state index in [1.807, 2.05) is 0 Å². The zero-order valence-corrected chi connectivity index (χ0v) is 12.9. The number of halogens is 4. The van der Waals surface area contributed by atoms with Crippen molar-refractivity contribution >= 4 is 27.7 Å². The van der Waals surface area contributed by atoms with Gasteiger partial charge >= 0.3 is 12.3 Å². The van der Waals surface area contributed by atoms with Crippen molar-refractivity contribution in [2.24, 2.45) is 0 Å². The fraction of sp³-hybridized carbons (Fsp3) is 0.462. The van der Waals surface area contributed by atoms with Crippen LogP contribution in [0.1, 0.15) is 31.9 Å². The van der Waals surface area contributed by atoms with Gasteiger partial charge in [-0.05, 0) is 38.5 Å². The standard InChI is InChI=1S/C13H15BrF3NO2/c1-12(2,3)20-11(19)18-9-5-4-8(7-14)10(6-9)13(15,16)17/h4-6H,7H2,1-3H3,(H,18,19). The minimum atomic E-state index is -4.48. The maximum atomic E-state index is 12.9. The molecular formula is C13H15BrF3NO2. The highest BCUT2D eigenvalue weighted by Gasteiger charge is 2.33. The second-order valence-corrected chi connectivity index (χ2v) is 5.69. The van der Waals surface area contributed by atoms with E-state index in [2.05, 4.69) is 21.2 Å². The summed E-state index contributed by atoms with van der Waals surface area (Å²) in [7, 11) is 0. The number of carbonyl (C=O) groups is 1. The monoisotopic (exact) mass is 353 g/mol. The average molecular weight is 354 g/mol. The maximum absolute atomic E-state index is 12.9. The fourth-order valence-corrected chi connectivity index (χ4v) is 1.95. The van der Waals surface area contributed by atoms with Crippen LogP contribution in [0.4, 0.5) is 23.7 Å². The number of carbonyl (C=O) groups excluding carboxylic acids is 1. The maximum Gasteiger partial charge on any atom is 0.416 e. The van der Waals surface area contributed by atoms with Gasteiger partial charge in [0, 0.05) is 11.0 Å². The molecule has 0 bridgehead atoms. The first-order chi connectivity index (χ1) is 9.03. The smallest absolute Gasteiger partial charge is 0.416 e. The molecule has 0 aliphatic carbocycles. The third kappa shape index (κ3) is 5.03. The Balaban J connectivity index is 2.96. The number of benzene rings is 1. The number of amides is 1. The van der Waals surface area contributed by atoms with Crippen molar-refractivity contribution in [3.05, 3.63) is 29.3 Å². The highest BCUT2D eigenvalue weighted by molar-refractivity contribution is 9.08. The van der Waals surface area contributed by atoms with Crippen molar-refractivity contribution in [1.29, 1.82) is 0 Å². The first kappa shape index (κ1) is 16.8. The van der Waals surface area contributed by atoms with E-state index in [9.17, 15) is 18.0 Å². The molecule has 0 saturated carbocycles. The Morgan fingerprint density at radius 2 is 1.90 bits per heavy atom. The summed E-state index contributed by atoms with van der Waals surface area (Å²) in [6.45, 7) is 5.00. The van der Waals surface area contributed by atoms with E-state index < -0.39 is 23.4 Å². The molecule has 0 spiro atoms. The number of hydrogen-bond donors (Lipinski definition) is 1. The third-order valence-corrected chi connectivity index (χ3v) is 2.81. The Labute approximate surface area is 123 Å². The molecule has 3 nitrogen and oxygen atoms in total. The van der Waals surface area contributed by atoms with Crippen LogP contribution in [0.15, 0.2) is 18.2 Å². The molecule has 1 aromatic rings. The van der Waals surface area contributed by atoms with E-state index in [1.165, 1.54) is 12.1 Å². The molecule has 0 heterocycles. The van der Waals surface area contributed by atoms with Crippen molar-refractivity contribution in [1.82, 2.24) is 0 Å². The third-order valence-electron chi connectivity index (χ3n) is 2.20. The van der Waals surface area contributed by atoms with Gasteiger partial charge in [0.1, 0.15) is 5.60 Å². The lowest BCUT2D eigenvalue weighted by atomic mass is 10.1. The van der Waals surface area contributed by atoms with Gasteiger partial charge in [-0.3, -0.25) is 5.32 Å². The molecule has 112 valence electrons. The van der Waals surface area contributed by atoms with E-state index in [-0.39, 0.29) is 16.6 Å². The number of hydrogen-bond acceptors (Lipinski definition) is 2. The Morgan fingerprint density at radius 3 is 2.35 bits per heavy atom. The summed E-state index contributed by atoms with van der Waals surface area (Å²) in [5, 5.41) is 2.36. The molecule has 0 unspecified atom stereocenters. The number of alkyl halides is 4. The second kappa shape index (κ2) is 6.03. The predicted molar refractivity (Wildman–Crippen MR) is 73.9 cm³/mol. The molecular weight excluding hydrogens is 339 g/mol. The van der Waals surface area contributed by atoms with E-state index in [0.29, 0.717) is 0 Å². The van der Waals surface area contributed by atoms with E-state index >= 15 is 0 Å². The molecule has 1 amide bonds. The molecule has 0 atom stereocenters. The largest absolute Gasteiger partial charge is 0.444 e. The molecule has 0 radical (unpaired) electrons. The molecule has 0 aromatic heterocycles. The van der Waals surface area contributed by atoms with Crippen LogP contribution in [0, 0.1) is 0 Å². The van der Waals surface area contributed by atoms with Gasteiger partial charge < -0.3 is 4.74 Å². The average Bonchev–Trinajstić information content (AvgIpc) is 2.25. The number of anilines is 1. The lowest BCUT2D eigenvalue weighted by Gasteiger charge is -2.20. The van der Waals surface area contributed by atoms with Gasteiger partial charge in [-0.1, -0.05) is 22.0 Å². The van der Waals surface area contributed by atoms with Gasteiger partial charge in [-0.15, -0.1) is 0 Å². The van der Waals surface area contributed by atoms with Crippen LogP contribution in [0.25, 0.3) is 0 Å². The molecule has 0 fully saturated rings. The van der Waals surface area contributed by atoms with E-state index in [0.717, 1.165) is 6.07 Å². The number of rotatable bonds is 2. The summed E-state index contributed by atoms with van der Waals surface area (Å²) in [5.41, 5.74) is -1.36. The first-order valence-electron chi connectivity index (χ1n) is 5.79. The van der Waals surface area contributed by atoms with Gasteiger partial charge in [-0.2, -0.15) is 13.2 Å². The summed E-state index contributed by atoms with van der Waals surface area (Å²) in [6, 6.07) is 3.60. The highest BCUT2D eigenvalue weighted by atomic mass is 79.9. The summed E-state index contributed by atoms with van der Waals surface area (Å²) >= 11 is 3.00. The van der Waals surface area contributed by atoms with Crippen LogP contribution < -0.4 is 5.32 Å². The SMILES string of the molecule is CC(C)(C)OC(=O)Nc1ccc(CBr)c(C(F)(F)F)c1. The first-order valence-corrected chi connectivity index (χ1v) is 6.91. The second-order valence-electron chi connectivity index (χ2n) is 5.13. The number of ether oxygens (including phenoxy) is 1. The van der Waals surface area contributed by atoms with Crippen molar-refractivity contribution in [3.8, 4) is 0 Å². The molecule has 1 rings (SSSR count). The number of nitrogens with one attached hydrogen (secondary N) is 1. The van der Waals surface area contributed by atoms with Crippen molar-refractivity contribution in [2.45, 2.75) is 37.9 Å². The Bertz CT molecular complexity index is 495.